The molecule has 0 aliphatic rings. The van der Waals surface area contributed by atoms with Gasteiger partial charge < -0.3 is 10.5 Å². The third-order valence-corrected chi connectivity index (χ3v) is 3.15. The minimum atomic E-state index is 0.402. The van der Waals surface area contributed by atoms with Crippen molar-refractivity contribution in [3.05, 3.63) is 40.1 Å². The second-order valence-corrected chi connectivity index (χ2v) is 4.42. The van der Waals surface area contributed by atoms with Gasteiger partial charge in [-0.1, -0.05) is 21.1 Å². The van der Waals surface area contributed by atoms with Gasteiger partial charge in [-0.25, -0.2) is 4.68 Å². The van der Waals surface area contributed by atoms with Gasteiger partial charge in [-0.3, -0.25) is 0 Å². The van der Waals surface area contributed by atoms with Crippen molar-refractivity contribution in [2.45, 2.75) is 13.1 Å². The number of rotatable bonds is 4. The Morgan fingerprint density at radius 1 is 1.47 bits per heavy atom. The van der Waals surface area contributed by atoms with Crippen molar-refractivity contribution in [2.24, 2.45) is 5.73 Å². The molecule has 2 aromatic rings. The molecule has 0 spiro atoms. The lowest BCUT2D eigenvalue weighted by Gasteiger charge is -2.06. The molecule has 0 saturated carbocycles. The van der Waals surface area contributed by atoms with Gasteiger partial charge in [0.05, 0.1) is 25.5 Å². The topological polar surface area (TPSA) is 66.0 Å². The van der Waals surface area contributed by atoms with Crippen LogP contribution in [0.1, 0.15) is 11.3 Å². The lowest BCUT2D eigenvalue weighted by molar-refractivity contribution is 0.414. The van der Waals surface area contributed by atoms with Crippen LogP contribution in [-0.4, -0.2) is 22.1 Å². The first-order valence-corrected chi connectivity index (χ1v) is 5.93. The van der Waals surface area contributed by atoms with E-state index in [0.29, 0.717) is 13.1 Å². The highest BCUT2D eigenvalue weighted by Crippen LogP contribution is 2.23. The van der Waals surface area contributed by atoms with E-state index in [2.05, 4.69) is 26.2 Å². The smallest absolute Gasteiger partial charge is 0.119 e. The van der Waals surface area contributed by atoms with Gasteiger partial charge in [0.25, 0.3) is 0 Å². The van der Waals surface area contributed by atoms with E-state index in [9.17, 15) is 0 Å². The Balaban J connectivity index is 2.22. The first kappa shape index (κ1) is 12.1. The minimum absolute atomic E-state index is 0.402. The molecule has 0 aliphatic heterocycles. The fourth-order valence-electron chi connectivity index (χ4n) is 1.48. The summed E-state index contributed by atoms with van der Waals surface area (Å²) in [6, 6.07) is 5.82. The van der Waals surface area contributed by atoms with Crippen LogP contribution in [0.5, 0.6) is 5.75 Å². The number of nitrogens with zero attached hydrogens (tertiary/aromatic N) is 3. The van der Waals surface area contributed by atoms with Crippen LogP contribution in [0.2, 0.25) is 0 Å². The molecule has 0 radical (unpaired) electrons. The Labute approximate surface area is 108 Å². The number of methoxy groups -OCH3 is 1. The maximum Gasteiger partial charge on any atom is 0.119 e. The molecule has 2 rings (SSSR count). The summed E-state index contributed by atoms with van der Waals surface area (Å²) in [5.41, 5.74) is 7.35. The van der Waals surface area contributed by atoms with Gasteiger partial charge in [0, 0.05) is 11.0 Å². The molecule has 1 heterocycles. The monoisotopic (exact) mass is 296 g/mol. The number of nitrogens with two attached hydrogens (primary N) is 1. The molecule has 0 bridgehead atoms. The predicted molar refractivity (Wildman–Crippen MR) is 67.7 cm³/mol. The van der Waals surface area contributed by atoms with E-state index in [-0.39, 0.29) is 0 Å². The summed E-state index contributed by atoms with van der Waals surface area (Å²) >= 11 is 3.50. The Morgan fingerprint density at radius 2 is 2.29 bits per heavy atom. The van der Waals surface area contributed by atoms with E-state index >= 15 is 0 Å². The Hall–Kier alpha value is -1.40. The van der Waals surface area contributed by atoms with Crippen LogP contribution in [0.4, 0.5) is 0 Å². The summed E-state index contributed by atoms with van der Waals surface area (Å²) in [5.74, 6) is 0.822. The van der Waals surface area contributed by atoms with Crippen LogP contribution >= 0.6 is 15.9 Å². The molecule has 0 atom stereocenters. The van der Waals surface area contributed by atoms with E-state index in [1.54, 1.807) is 11.8 Å². The van der Waals surface area contributed by atoms with E-state index < -0.39 is 0 Å². The van der Waals surface area contributed by atoms with Crippen molar-refractivity contribution in [3.63, 3.8) is 0 Å². The molecule has 0 aliphatic carbocycles. The molecule has 90 valence electrons. The average molecular weight is 297 g/mol. The first-order valence-electron chi connectivity index (χ1n) is 5.14. The van der Waals surface area contributed by atoms with E-state index in [1.165, 1.54) is 0 Å². The number of hydrogen-bond acceptors (Lipinski definition) is 4. The van der Waals surface area contributed by atoms with E-state index in [4.69, 9.17) is 10.5 Å². The van der Waals surface area contributed by atoms with Gasteiger partial charge in [-0.05, 0) is 23.8 Å². The Bertz CT molecular complexity index is 512. The van der Waals surface area contributed by atoms with Crippen molar-refractivity contribution in [1.29, 1.82) is 0 Å². The quantitative estimate of drug-likeness (QED) is 0.930. The lowest BCUT2D eigenvalue weighted by atomic mass is 10.2. The second-order valence-electron chi connectivity index (χ2n) is 3.57. The largest absolute Gasteiger partial charge is 0.497 e. The zero-order valence-electron chi connectivity index (χ0n) is 9.43. The summed E-state index contributed by atoms with van der Waals surface area (Å²) in [7, 11) is 1.65. The molecule has 0 saturated heterocycles. The molecular weight excluding hydrogens is 284 g/mol. The maximum atomic E-state index is 5.49. The number of halogens is 1. The molecule has 5 nitrogen and oxygen atoms in total. The first-order chi connectivity index (χ1) is 8.22. The predicted octanol–water partition coefficient (Wildman–Crippen LogP) is 1.56. The fourth-order valence-corrected chi connectivity index (χ4v) is 1.86. The summed E-state index contributed by atoms with van der Waals surface area (Å²) in [6.45, 7) is 1.03. The molecule has 17 heavy (non-hydrogen) atoms. The minimum Gasteiger partial charge on any atom is -0.497 e. The molecule has 0 unspecified atom stereocenters. The highest BCUT2D eigenvalue weighted by Gasteiger charge is 2.05. The maximum absolute atomic E-state index is 5.49. The van der Waals surface area contributed by atoms with Crippen molar-refractivity contribution >= 4 is 15.9 Å². The average Bonchev–Trinajstić information content (AvgIpc) is 2.80. The molecule has 6 heteroatoms. The summed E-state index contributed by atoms with van der Waals surface area (Å²) in [6.07, 6.45) is 1.84. The van der Waals surface area contributed by atoms with E-state index in [1.807, 2.05) is 24.4 Å². The van der Waals surface area contributed by atoms with Crippen molar-refractivity contribution in [3.8, 4) is 5.75 Å². The van der Waals surface area contributed by atoms with Crippen LogP contribution in [0.15, 0.2) is 28.9 Å². The van der Waals surface area contributed by atoms with Crippen LogP contribution in [0.25, 0.3) is 0 Å². The van der Waals surface area contributed by atoms with Crippen LogP contribution in [-0.2, 0) is 13.1 Å². The third kappa shape index (κ3) is 2.83. The molecule has 2 N–H and O–H groups in total. The van der Waals surface area contributed by atoms with Crippen LogP contribution in [0, 0.1) is 0 Å². The molecule has 1 aromatic carbocycles. The highest BCUT2D eigenvalue weighted by atomic mass is 79.9. The van der Waals surface area contributed by atoms with Crippen LogP contribution in [0.3, 0.4) is 0 Å². The molecular formula is C11H13BrN4O. The highest BCUT2D eigenvalue weighted by molar-refractivity contribution is 9.10. The van der Waals surface area contributed by atoms with Gasteiger partial charge in [-0.15, -0.1) is 5.10 Å². The van der Waals surface area contributed by atoms with Crippen LogP contribution < -0.4 is 10.5 Å². The second kappa shape index (κ2) is 5.29. The summed E-state index contributed by atoms with van der Waals surface area (Å²) in [4.78, 5) is 0. The standard InChI is InChI=1S/C11H13BrN4O/c1-17-10-2-3-11(12)8(4-10)6-16-7-9(5-13)14-15-16/h2-4,7H,5-6,13H2,1H3. The van der Waals surface area contributed by atoms with Crippen molar-refractivity contribution in [2.75, 3.05) is 7.11 Å². The summed E-state index contributed by atoms with van der Waals surface area (Å²) in [5, 5.41) is 7.95. The Morgan fingerprint density at radius 3 is 2.94 bits per heavy atom. The number of benzene rings is 1. The van der Waals surface area contributed by atoms with Gasteiger partial charge in [-0.2, -0.15) is 0 Å². The number of aromatic nitrogens is 3. The van der Waals surface area contributed by atoms with Crippen molar-refractivity contribution in [1.82, 2.24) is 15.0 Å². The summed E-state index contributed by atoms with van der Waals surface area (Å²) < 4.78 is 7.96. The van der Waals surface area contributed by atoms with Gasteiger partial charge in [0.2, 0.25) is 0 Å². The number of hydrogen-bond donors (Lipinski definition) is 1. The Kier molecular flexibility index (Phi) is 3.75. The zero-order chi connectivity index (χ0) is 12.3. The van der Waals surface area contributed by atoms with Crippen molar-refractivity contribution < 1.29 is 4.74 Å². The van der Waals surface area contributed by atoms with E-state index in [0.717, 1.165) is 21.5 Å². The lowest BCUT2D eigenvalue weighted by Crippen LogP contribution is -2.01. The third-order valence-electron chi connectivity index (χ3n) is 2.38. The van der Waals surface area contributed by atoms with Gasteiger partial charge >= 0.3 is 0 Å². The molecule has 0 fully saturated rings. The fraction of sp³-hybridized carbons (Fsp3) is 0.273. The van der Waals surface area contributed by atoms with Gasteiger partial charge in [0.1, 0.15) is 5.75 Å². The zero-order valence-corrected chi connectivity index (χ0v) is 11.0. The number of ether oxygens (including phenoxy) is 1. The SMILES string of the molecule is COc1ccc(Br)c(Cn2cc(CN)nn2)c1. The molecule has 1 aromatic heterocycles. The van der Waals surface area contributed by atoms with Gasteiger partial charge in [0.15, 0.2) is 0 Å². The normalized spacial score (nSPS) is 10.5. The molecule has 0 amide bonds.